The van der Waals surface area contributed by atoms with Crippen LogP contribution < -0.4 is 11.3 Å². The van der Waals surface area contributed by atoms with Crippen LogP contribution in [0.3, 0.4) is 0 Å². The monoisotopic (exact) mass is 278 g/mol. The average Bonchev–Trinajstić information content (AvgIpc) is 2.53. The van der Waals surface area contributed by atoms with E-state index >= 15 is 0 Å². The van der Waals surface area contributed by atoms with E-state index in [-0.39, 0.29) is 0 Å². The van der Waals surface area contributed by atoms with Crippen molar-refractivity contribution >= 4 is 16.7 Å². The number of para-hydroxylation sites is 1. The topological polar surface area (TPSA) is 63.8 Å². The van der Waals surface area contributed by atoms with Gasteiger partial charge in [0, 0.05) is 10.9 Å². The minimum Gasteiger partial charge on any atom is -0.308 e. The first-order valence-corrected chi connectivity index (χ1v) is 7.03. The largest absolute Gasteiger partial charge is 0.308 e. The number of nitrogen functional groups attached to an aromatic ring is 1. The molecular formula is C17H18N4. The van der Waals surface area contributed by atoms with Gasteiger partial charge in [0.2, 0.25) is 0 Å². The van der Waals surface area contributed by atoms with Gasteiger partial charge in [-0.25, -0.2) is 15.8 Å². The Morgan fingerprint density at radius 3 is 2.33 bits per heavy atom. The third kappa shape index (κ3) is 2.58. The Balaban J connectivity index is 2.11. The first-order valence-electron chi connectivity index (χ1n) is 7.03. The predicted octanol–water partition coefficient (Wildman–Crippen LogP) is 3.71. The van der Waals surface area contributed by atoms with Gasteiger partial charge >= 0.3 is 0 Å². The second-order valence-corrected chi connectivity index (χ2v) is 5.33. The molecule has 0 aliphatic heterocycles. The Labute approximate surface area is 124 Å². The summed E-state index contributed by atoms with van der Waals surface area (Å²) in [4.78, 5) is 9.14. The normalized spacial score (nSPS) is 11.0. The van der Waals surface area contributed by atoms with Crippen molar-refractivity contribution in [2.24, 2.45) is 5.84 Å². The van der Waals surface area contributed by atoms with E-state index in [2.05, 4.69) is 53.5 Å². The quantitative estimate of drug-likeness (QED) is 0.566. The minimum absolute atomic E-state index is 0.512. The maximum Gasteiger partial charge on any atom is 0.162 e. The lowest BCUT2D eigenvalue weighted by atomic mass is 10.0. The van der Waals surface area contributed by atoms with Crippen LogP contribution in [0.25, 0.3) is 22.3 Å². The minimum atomic E-state index is 0.512. The number of hydrogen-bond acceptors (Lipinski definition) is 4. The molecule has 3 rings (SSSR count). The molecule has 0 bridgehead atoms. The van der Waals surface area contributed by atoms with Crippen LogP contribution in [-0.2, 0) is 0 Å². The van der Waals surface area contributed by atoms with Crippen LogP contribution in [0, 0.1) is 0 Å². The average molecular weight is 278 g/mol. The summed E-state index contributed by atoms with van der Waals surface area (Å²) in [5.74, 6) is 7.42. The van der Waals surface area contributed by atoms with Crippen LogP contribution >= 0.6 is 0 Å². The molecule has 0 unspecified atom stereocenters. The lowest BCUT2D eigenvalue weighted by Gasteiger charge is -2.09. The van der Waals surface area contributed by atoms with Crippen molar-refractivity contribution < 1.29 is 0 Å². The lowest BCUT2D eigenvalue weighted by Crippen LogP contribution is -2.10. The highest BCUT2D eigenvalue weighted by atomic mass is 15.3. The fourth-order valence-corrected chi connectivity index (χ4v) is 2.33. The summed E-state index contributed by atoms with van der Waals surface area (Å²) < 4.78 is 0. The summed E-state index contributed by atoms with van der Waals surface area (Å²) in [6.45, 7) is 4.36. The molecule has 4 heteroatoms. The van der Waals surface area contributed by atoms with E-state index < -0.39 is 0 Å². The Hall–Kier alpha value is -2.46. The number of hydrogen-bond donors (Lipinski definition) is 2. The molecule has 2 aromatic carbocycles. The van der Waals surface area contributed by atoms with Gasteiger partial charge in [-0.2, -0.15) is 0 Å². The highest BCUT2D eigenvalue weighted by Gasteiger charge is 2.08. The second-order valence-electron chi connectivity index (χ2n) is 5.33. The molecule has 0 fully saturated rings. The Kier molecular flexibility index (Phi) is 3.54. The van der Waals surface area contributed by atoms with E-state index in [4.69, 9.17) is 5.84 Å². The fraction of sp³-hybridized carbons (Fsp3) is 0.176. The summed E-state index contributed by atoms with van der Waals surface area (Å²) in [5.41, 5.74) is 5.83. The molecule has 0 aliphatic carbocycles. The van der Waals surface area contributed by atoms with Crippen LogP contribution in [-0.4, -0.2) is 9.97 Å². The molecule has 1 heterocycles. The van der Waals surface area contributed by atoms with Gasteiger partial charge in [0.15, 0.2) is 11.6 Å². The molecule has 0 saturated carbocycles. The second kappa shape index (κ2) is 5.50. The van der Waals surface area contributed by atoms with Gasteiger partial charge < -0.3 is 5.43 Å². The lowest BCUT2D eigenvalue weighted by molar-refractivity contribution is 0.867. The van der Waals surface area contributed by atoms with Crippen LogP contribution in [0.5, 0.6) is 0 Å². The van der Waals surface area contributed by atoms with Crippen molar-refractivity contribution in [1.82, 2.24) is 9.97 Å². The number of nitrogens with zero attached hydrogens (tertiary/aromatic N) is 2. The van der Waals surface area contributed by atoms with Gasteiger partial charge in [-0.1, -0.05) is 50.2 Å². The summed E-state index contributed by atoms with van der Waals surface area (Å²) in [5, 5.41) is 0.919. The first-order chi connectivity index (χ1) is 10.2. The van der Waals surface area contributed by atoms with Crippen molar-refractivity contribution in [1.29, 1.82) is 0 Å². The van der Waals surface area contributed by atoms with E-state index in [1.165, 1.54) is 5.56 Å². The molecule has 4 nitrogen and oxygen atoms in total. The molecule has 0 amide bonds. The molecule has 0 saturated heterocycles. The van der Waals surface area contributed by atoms with Gasteiger partial charge in [-0.3, -0.25) is 0 Å². The third-order valence-electron chi connectivity index (χ3n) is 3.58. The third-order valence-corrected chi connectivity index (χ3v) is 3.58. The van der Waals surface area contributed by atoms with Crippen LogP contribution in [0.15, 0.2) is 48.5 Å². The molecule has 3 N–H and O–H groups in total. The Morgan fingerprint density at radius 1 is 0.952 bits per heavy atom. The standard InChI is InChI=1S/C17H18N4/c1-11(2)12-7-9-13(10-8-12)16-19-15-6-4-3-5-14(15)17(20-16)21-18/h3-11H,18H2,1-2H3,(H,19,20,21). The van der Waals surface area contributed by atoms with Gasteiger partial charge in [0.05, 0.1) is 5.52 Å². The van der Waals surface area contributed by atoms with Gasteiger partial charge in [-0.15, -0.1) is 0 Å². The number of nitrogens with two attached hydrogens (primary N) is 1. The van der Waals surface area contributed by atoms with Gasteiger partial charge in [0.25, 0.3) is 0 Å². The van der Waals surface area contributed by atoms with Crippen LogP contribution in [0.1, 0.15) is 25.3 Å². The molecule has 21 heavy (non-hydrogen) atoms. The molecule has 0 spiro atoms. The summed E-state index contributed by atoms with van der Waals surface area (Å²) >= 11 is 0. The van der Waals surface area contributed by atoms with Crippen molar-refractivity contribution in [3.8, 4) is 11.4 Å². The number of hydrazine groups is 1. The molecule has 106 valence electrons. The van der Waals surface area contributed by atoms with E-state index in [1.807, 2.05) is 24.3 Å². The SMILES string of the molecule is CC(C)c1ccc(-c2nc(NN)c3ccccc3n2)cc1. The number of benzene rings is 2. The zero-order chi connectivity index (χ0) is 14.8. The summed E-state index contributed by atoms with van der Waals surface area (Å²) in [7, 11) is 0. The van der Waals surface area contributed by atoms with Crippen molar-refractivity contribution in [3.63, 3.8) is 0 Å². The molecular weight excluding hydrogens is 260 g/mol. The smallest absolute Gasteiger partial charge is 0.162 e. The molecule has 0 atom stereocenters. The van der Waals surface area contributed by atoms with E-state index in [9.17, 15) is 0 Å². The number of nitrogens with one attached hydrogen (secondary N) is 1. The van der Waals surface area contributed by atoms with Crippen molar-refractivity contribution in [3.05, 3.63) is 54.1 Å². The fourth-order valence-electron chi connectivity index (χ4n) is 2.33. The number of rotatable bonds is 3. The number of fused-ring (bicyclic) bond motifs is 1. The maximum atomic E-state index is 5.59. The Morgan fingerprint density at radius 2 is 1.67 bits per heavy atom. The molecule has 0 aliphatic rings. The summed E-state index contributed by atoms with van der Waals surface area (Å²) in [6.07, 6.45) is 0. The van der Waals surface area contributed by atoms with E-state index in [0.29, 0.717) is 17.6 Å². The molecule has 1 aromatic heterocycles. The predicted molar refractivity (Wildman–Crippen MR) is 86.9 cm³/mol. The maximum absolute atomic E-state index is 5.59. The first kappa shape index (κ1) is 13.5. The van der Waals surface area contributed by atoms with Gasteiger partial charge in [-0.05, 0) is 23.6 Å². The summed E-state index contributed by atoms with van der Waals surface area (Å²) in [6, 6.07) is 16.2. The van der Waals surface area contributed by atoms with Crippen molar-refractivity contribution in [2.75, 3.05) is 5.43 Å². The van der Waals surface area contributed by atoms with Gasteiger partial charge in [0.1, 0.15) is 0 Å². The van der Waals surface area contributed by atoms with E-state index in [0.717, 1.165) is 16.5 Å². The van der Waals surface area contributed by atoms with E-state index in [1.54, 1.807) is 0 Å². The molecule has 0 radical (unpaired) electrons. The zero-order valence-corrected chi connectivity index (χ0v) is 12.2. The van der Waals surface area contributed by atoms with Crippen LogP contribution in [0.2, 0.25) is 0 Å². The Bertz CT molecular complexity index is 763. The highest BCUT2D eigenvalue weighted by molar-refractivity contribution is 5.90. The van der Waals surface area contributed by atoms with Crippen LogP contribution in [0.4, 0.5) is 5.82 Å². The zero-order valence-electron chi connectivity index (χ0n) is 12.2. The van der Waals surface area contributed by atoms with Crippen molar-refractivity contribution in [2.45, 2.75) is 19.8 Å². The highest BCUT2D eigenvalue weighted by Crippen LogP contribution is 2.25. The number of aromatic nitrogens is 2. The number of anilines is 1. The molecule has 3 aromatic rings.